The smallest absolute Gasteiger partial charge is 0.296 e. The number of fused-ring (bicyclic) bond motifs is 1. The van der Waals surface area contributed by atoms with Gasteiger partial charge >= 0.3 is 22.3 Å². The molecule has 0 radical (unpaired) electrons. The maximum atomic E-state index is 13.8. The average Bonchev–Trinajstić information content (AvgIpc) is 3.39. The van der Waals surface area contributed by atoms with Crippen LogP contribution in [0.4, 0.5) is 19.0 Å². The van der Waals surface area contributed by atoms with Crippen molar-refractivity contribution in [2.24, 2.45) is 0 Å². The van der Waals surface area contributed by atoms with E-state index in [2.05, 4.69) is 19.6 Å². The van der Waals surface area contributed by atoms with Gasteiger partial charge in [0, 0.05) is 34.4 Å². The van der Waals surface area contributed by atoms with Gasteiger partial charge in [-0.2, -0.15) is 17.7 Å². The summed E-state index contributed by atoms with van der Waals surface area (Å²) in [5.41, 5.74) is 1.71. The Balaban J connectivity index is 1.50. The van der Waals surface area contributed by atoms with Crippen LogP contribution in [0.1, 0.15) is 30.5 Å². The summed E-state index contributed by atoms with van der Waals surface area (Å²) in [6, 6.07) is 11.2. The number of nitrogens with zero attached hydrogens (tertiary/aromatic N) is 3. The number of aromatic nitrogens is 3. The van der Waals surface area contributed by atoms with E-state index in [9.17, 15) is 26.7 Å². The van der Waals surface area contributed by atoms with Crippen LogP contribution >= 0.6 is 0 Å². The normalized spacial score (nSPS) is 16.5. The molecule has 0 bridgehead atoms. The van der Waals surface area contributed by atoms with Crippen molar-refractivity contribution in [2.75, 3.05) is 10.8 Å². The number of hydrogen-bond acceptors (Lipinski definition) is 5. The van der Waals surface area contributed by atoms with E-state index in [0.717, 1.165) is 12.1 Å². The number of aromatic amines is 1. The molecule has 192 valence electrons. The molecule has 3 heterocycles. The van der Waals surface area contributed by atoms with Crippen molar-refractivity contribution in [1.29, 1.82) is 0 Å². The first-order chi connectivity index (χ1) is 17.3. The van der Waals surface area contributed by atoms with E-state index < -0.39 is 33.3 Å². The zero-order valence-corrected chi connectivity index (χ0v) is 20.8. The van der Waals surface area contributed by atoms with Crippen LogP contribution in [0.15, 0.2) is 68.9 Å². The minimum Gasteiger partial charge on any atom is -0.296 e. The molecule has 1 aliphatic rings. The Bertz CT molecular complexity index is 1610. The average molecular weight is 532 g/mol. The molecule has 0 spiro atoms. The van der Waals surface area contributed by atoms with Gasteiger partial charge in [-0.3, -0.25) is 9.51 Å². The third-order valence-electron chi connectivity index (χ3n) is 6.42. The molecule has 2 aromatic heterocycles. The molecule has 1 atom stereocenters. The van der Waals surface area contributed by atoms with Crippen molar-refractivity contribution in [3.8, 4) is 22.5 Å². The van der Waals surface area contributed by atoms with Crippen LogP contribution < -0.4 is 10.1 Å². The van der Waals surface area contributed by atoms with Crippen molar-refractivity contribution in [3.63, 3.8) is 0 Å². The molecule has 2 N–H and O–H groups in total. The van der Waals surface area contributed by atoms with Gasteiger partial charge in [0.1, 0.15) is 0 Å². The van der Waals surface area contributed by atoms with E-state index in [0.29, 0.717) is 33.6 Å². The van der Waals surface area contributed by atoms with Crippen molar-refractivity contribution < 1.29 is 26.5 Å². The number of pyridine rings is 1. The molecule has 4 aromatic rings. The molecular weight excluding hydrogens is 509 g/mol. The van der Waals surface area contributed by atoms with E-state index in [1.54, 1.807) is 25.1 Å². The Kier molecular flexibility index (Phi) is 5.64. The Labute approximate surface area is 210 Å². The van der Waals surface area contributed by atoms with Crippen LogP contribution in [0.3, 0.4) is 0 Å². The fraction of sp³-hybridized carbons (Fsp3) is 0.240. The lowest BCUT2D eigenvalue weighted by Crippen LogP contribution is -2.38. The topological polar surface area (TPSA) is 112 Å². The quantitative estimate of drug-likeness (QED) is 0.338. The Hall–Kier alpha value is -3.77. The monoisotopic (exact) mass is 531 g/mol. The molecule has 2 aromatic carbocycles. The number of H-pyrrole nitrogens is 1. The number of nitrogens with one attached hydrogen (secondary N) is 1. The van der Waals surface area contributed by atoms with Crippen molar-refractivity contribution in [3.05, 3.63) is 82.0 Å². The number of rotatable bonds is 4. The van der Waals surface area contributed by atoms with Gasteiger partial charge in [0.2, 0.25) is 4.90 Å². The van der Waals surface area contributed by atoms with Crippen LogP contribution in [0.25, 0.3) is 22.5 Å². The summed E-state index contributed by atoms with van der Waals surface area (Å²) < 4.78 is 69.8. The first-order valence-corrected chi connectivity index (χ1v) is 12.6. The van der Waals surface area contributed by atoms with Gasteiger partial charge in [0.15, 0.2) is 11.6 Å². The fourth-order valence-corrected chi connectivity index (χ4v) is 6.14. The second-order valence-corrected chi connectivity index (χ2v) is 11.4. The summed E-state index contributed by atoms with van der Waals surface area (Å²) in [7, 11) is -3.76. The number of hydrogen-bond donors (Lipinski definition) is 2. The van der Waals surface area contributed by atoms with Crippen LogP contribution in [0, 0.1) is 6.92 Å². The number of halogens is 3. The van der Waals surface area contributed by atoms with Crippen molar-refractivity contribution >= 4 is 16.2 Å². The molecule has 0 fully saturated rings. The largest absolute Gasteiger partial charge is 0.439 e. The third-order valence-corrected chi connectivity index (χ3v) is 8.18. The number of benzene rings is 2. The van der Waals surface area contributed by atoms with Crippen LogP contribution in [-0.4, -0.2) is 26.2 Å². The third kappa shape index (κ3) is 4.36. The van der Waals surface area contributed by atoms with E-state index in [1.165, 1.54) is 28.7 Å². The summed E-state index contributed by atoms with van der Waals surface area (Å²) >= 11 is 0. The second kappa shape index (κ2) is 8.38. The maximum absolute atomic E-state index is 13.8. The first kappa shape index (κ1) is 24.9. The van der Waals surface area contributed by atoms with E-state index in [-0.39, 0.29) is 17.3 Å². The predicted octanol–water partition coefficient (Wildman–Crippen LogP) is 5.46. The molecule has 0 saturated heterocycles. The van der Waals surface area contributed by atoms with Gasteiger partial charge in [-0.25, -0.2) is 9.78 Å². The zero-order chi connectivity index (χ0) is 26.8. The van der Waals surface area contributed by atoms with Gasteiger partial charge < -0.3 is 0 Å². The Morgan fingerprint density at radius 3 is 2.41 bits per heavy atom. The molecule has 0 aliphatic carbocycles. The zero-order valence-electron chi connectivity index (χ0n) is 20.0. The molecular formula is C25H22F3N4O4S+. The van der Waals surface area contributed by atoms with Gasteiger partial charge in [-0.15, -0.1) is 4.31 Å². The molecule has 37 heavy (non-hydrogen) atoms. The van der Waals surface area contributed by atoms with E-state index in [4.69, 9.17) is 0 Å². The highest BCUT2D eigenvalue weighted by Crippen LogP contribution is 2.45. The Morgan fingerprint density at radius 1 is 1.11 bits per heavy atom. The van der Waals surface area contributed by atoms with E-state index >= 15 is 0 Å². The highest BCUT2D eigenvalue weighted by atomic mass is 32.3. The highest BCUT2D eigenvalue weighted by Gasteiger charge is 2.50. The van der Waals surface area contributed by atoms with Gasteiger partial charge in [0.05, 0.1) is 12.1 Å². The SMILES string of the molecule is Cc1cc([S+](=O)(O)N2CC(C)(C)c3cc(-c4ccc(C(F)(F)F)cc4)cnc32)ccc1-c1noc(=O)[nH]1. The van der Waals surface area contributed by atoms with Gasteiger partial charge in [0.25, 0.3) is 0 Å². The van der Waals surface area contributed by atoms with Crippen molar-refractivity contribution in [1.82, 2.24) is 15.1 Å². The lowest BCUT2D eigenvalue weighted by molar-refractivity contribution is -0.137. The lowest BCUT2D eigenvalue weighted by Gasteiger charge is -2.20. The molecule has 5 rings (SSSR count). The summed E-state index contributed by atoms with van der Waals surface area (Å²) in [4.78, 5) is 18.4. The number of alkyl halides is 3. The number of anilines is 1. The predicted molar refractivity (Wildman–Crippen MR) is 131 cm³/mol. The van der Waals surface area contributed by atoms with Crippen LogP contribution in [-0.2, 0) is 26.2 Å². The van der Waals surface area contributed by atoms with Crippen LogP contribution in [0.2, 0.25) is 0 Å². The van der Waals surface area contributed by atoms with Crippen LogP contribution in [0.5, 0.6) is 0 Å². The molecule has 1 aliphatic heterocycles. The van der Waals surface area contributed by atoms with E-state index in [1.807, 2.05) is 13.8 Å². The summed E-state index contributed by atoms with van der Waals surface area (Å²) in [5, 5.41) is 3.66. The minimum absolute atomic E-state index is 0.150. The molecule has 12 heteroatoms. The fourth-order valence-electron chi connectivity index (χ4n) is 4.43. The standard InChI is InChI=1S/C25H21F3N4O4S/c1-14-10-18(8-9-19(14)21-30-23(33)36-31-21)37(34,35)32-13-24(2,3)20-11-16(12-29-22(20)32)15-4-6-17(7-5-15)25(26,27)28/h4-12H,13H2,1-3H3,(H-,30,31,33,34,35)/p+1. The van der Waals surface area contributed by atoms with Gasteiger partial charge in [-0.05, 0) is 52.6 Å². The first-order valence-electron chi connectivity index (χ1n) is 11.2. The minimum atomic E-state index is -4.43. The highest BCUT2D eigenvalue weighted by molar-refractivity contribution is 7.99. The summed E-state index contributed by atoms with van der Waals surface area (Å²) in [5.74, 6) is -0.165. The lowest BCUT2D eigenvalue weighted by atomic mass is 9.87. The molecule has 0 amide bonds. The maximum Gasteiger partial charge on any atom is 0.439 e. The van der Waals surface area contributed by atoms with Crippen molar-refractivity contribution in [2.45, 2.75) is 37.3 Å². The second-order valence-electron chi connectivity index (χ2n) is 9.51. The molecule has 1 unspecified atom stereocenters. The summed E-state index contributed by atoms with van der Waals surface area (Å²) in [6.45, 7) is 5.74. The number of aryl methyl sites for hydroxylation is 1. The van der Waals surface area contributed by atoms with Gasteiger partial charge in [-0.1, -0.05) is 31.1 Å². The molecule has 0 saturated carbocycles. The summed E-state index contributed by atoms with van der Waals surface area (Å²) in [6.07, 6.45) is -2.94. The molecule has 8 nitrogen and oxygen atoms in total. The Morgan fingerprint density at radius 2 is 1.81 bits per heavy atom.